The molecular weight excluding hydrogens is 302 g/mol. The molecule has 1 aromatic carbocycles. The van der Waals surface area contributed by atoms with Crippen molar-refractivity contribution in [2.24, 2.45) is 7.05 Å². The molecule has 6 heteroatoms. The lowest BCUT2D eigenvalue weighted by Gasteiger charge is -2.10. The van der Waals surface area contributed by atoms with Crippen molar-refractivity contribution in [2.45, 2.75) is 20.8 Å². The summed E-state index contributed by atoms with van der Waals surface area (Å²) in [6, 6.07) is 6.00. The Morgan fingerprint density at radius 3 is 2.68 bits per heavy atom. The Kier molecular flexibility index (Phi) is 5.08. The number of hydrogen-bond acceptors (Lipinski definition) is 3. The smallest absolute Gasteiger partial charge is 0.271 e. The summed E-state index contributed by atoms with van der Waals surface area (Å²) < 4.78 is 7.16. The fourth-order valence-electron chi connectivity index (χ4n) is 2.25. The topological polar surface area (TPSA) is 56.1 Å². The average Bonchev–Trinajstić information content (AvgIpc) is 2.70. The largest absolute Gasteiger partial charge is 0.491 e. The highest BCUT2D eigenvalue weighted by molar-refractivity contribution is 6.34. The second-order valence-corrected chi connectivity index (χ2v) is 5.62. The molecule has 22 heavy (non-hydrogen) atoms. The number of aromatic nitrogens is 2. The van der Waals surface area contributed by atoms with Crippen LogP contribution in [0.15, 0.2) is 18.2 Å². The van der Waals surface area contributed by atoms with E-state index in [1.165, 1.54) is 10.2 Å². The summed E-state index contributed by atoms with van der Waals surface area (Å²) in [4.78, 5) is 12.1. The van der Waals surface area contributed by atoms with Crippen molar-refractivity contribution in [3.63, 3.8) is 0 Å². The number of aryl methyl sites for hydroxylation is 4. The minimum Gasteiger partial charge on any atom is -0.491 e. The van der Waals surface area contributed by atoms with E-state index in [2.05, 4.69) is 16.5 Å². The predicted molar refractivity (Wildman–Crippen MR) is 86.7 cm³/mol. The van der Waals surface area contributed by atoms with Gasteiger partial charge in [0, 0.05) is 7.05 Å². The molecule has 0 aliphatic rings. The number of ether oxygens (including phenoxy) is 1. The number of nitrogens with zero attached hydrogens (tertiary/aromatic N) is 2. The lowest BCUT2D eigenvalue weighted by Crippen LogP contribution is -2.30. The van der Waals surface area contributed by atoms with Crippen LogP contribution in [0, 0.1) is 20.8 Å². The van der Waals surface area contributed by atoms with Crippen molar-refractivity contribution in [1.29, 1.82) is 0 Å². The van der Waals surface area contributed by atoms with E-state index >= 15 is 0 Å². The van der Waals surface area contributed by atoms with E-state index in [9.17, 15) is 4.79 Å². The average molecular weight is 322 g/mol. The minimum atomic E-state index is -0.252. The van der Waals surface area contributed by atoms with Crippen LogP contribution in [0.2, 0.25) is 5.02 Å². The maximum Gasteiger partial charge on any atom is 0.271 e. The first-order valence-electron chi connectivity index (χ1n) is 7.07. The van der Waals surface area contributed by atoms with Crippen molar-refractivity contribution in [3.8, 4) is 5.75 Å². The molecule has 2 aromatic rings. The van der Waals surface area contributed by atoms with E-state index in [1.54, 1.807) is 14.0 Å². The van der Waals surface area contributed by atoms with Gasteiger partial charge in [-0.1, -0.05) is 29.3 Å². The van der Waals surface area contributed by atoms with E-state index in [4.69, 9.17) is 16.3 Å². The summed E-state index contributed by atoms with van der Waals surface area (Å²) in [5, 5.41) is 7.29. The molecule has 0 radical (unpaired) electrons. The molecule has 0 aliphatic carbocycles. The van der Waals surface area contributed by atoms with Gasteiger partial charge in [-0.05, 0) is 32.4 Å². The Hall–Kier alpha value is -2.01. The third-order valence-corrected chi connectivity index (χ3v) is 3.79. The summed E-state index contributed by atoms with van der Waals surface area (Å²) in [6.45, 7) is 6.59. The van der Waals surface area contributed by atoms with E-state index in [0.717, 1.165) is 11.3 Å². The van der Waals surface area contributed by atoms with Gasteiger partial charge in [0.15, 0.2) is 0 Å². The molecule has 0 saturated heterocycles. The number of rotatable bonds is 5. The summed E-state index contributed by atoms with van der Waals surface area (Å²) in [6.07, 6.45) is 0. The highest BCUT2D eigenvalue weighted by atomic mass is 35.5. The van der Waals surface area contributed by atoms with Gasteiger partial charge < -0.3 is 10.1 Å². The molecular formula is C16H20ClN3O2. The molecule has 1 aromatic heterocycles. The highest BCUT2D eigenvalue weighted by Crippen LogP contribution is 2.19. The van der Waals surface area contributed by atoms with Gasteiger partial charge in [0.2, 0.25) is 0 Å². The second kappa shape index (κ2) is 6.83. The van der Waals surface area contributed by atoms with Gasteiger partial charge in [-0.2, -0.15) is 5.10 Å². The first kappa shape index (κ1) is 16.4. The molecule has 0 unspecified atom stereocenters. The van der Waals surface area contributed by atoms with E-state index in [-0.39, 0.29) is 5.91 Å². The number of carbonyl (C=O) groups excluding carboxylic acids is 1. The van der Waals surface area contributed by atoms with Crippen molar-refractivity contribution in [2.75, 3.05) is 13.2 Å². The molecule has 1 N–H and O–H groups in total. The molecule has 0 aliphatic heterocycles. The first-order valence-corrected chi connectivity index (χ1v) is 7.45. The van der Waals surface area contributed by atoms with Crippen molar-refractivity contribution >= 4 is 17.5 Å². The van der Waals surface area contributed by atoms with Crippen molar-refractivity contribution < 1.29 is 9.53 Å². The van der Waals surface area contributed by atoms with Gasteiger partial charge >= 0.3 is 0 Å². The second-order valence-electron chi connectivity index (χ2n) is 5.24. The zero-order valence-corrected chi connectivity index (χ0v) is 14.0. The predicted octanol–water partition coefficient (Wildman–Crippen LogP) is 2.81. The van der Waals surface area contributed by atoms with E-state index in [0.29, 0.717) is 29.6 Å². The molecule has 0 fully saturated rings. The molecule has 118 valence electrons. The fraction of sp³-hybridized carbons (Fsp3) is 0.375. The van der Waals surface area contributed by atoms with Crippen LogP contribution in [0.3, 0.4) is 0 Å². The number of benzene rings is 1. The third-order valence-electron chi connectivity index (χ3n) is 3.34. The van der Waals surface area contributed by atoms with Gasteiger partial charge in [0.25, 0.3) is 5.91 Å². The number of carbonyl (C=O) groups is 1. The van der Waals surface area contributed by atoms with Gasteiger partial charge in [0.05, 0.1) is 17.3 Å². The lowest BCUT2D eigenvalue weighted by molar-refractivity contribution is 0.0937. The fourth-order valence-corrected chi connectivity index (χ4v) is 2.50. The molecule has 0 atom stereocenters. The van der Waals surface area contributed by atoms with Crippen molar-refractivity contribution in [1.82, 2.24) is 15.1 Å². The van der Waals surface area contributed by atoms with Crippen LogP contribution in [-0.4, -0.2) is 28.8 Å². The SMILES string of the molecule is Cc1ccc(OCCNC(=O)c2c(Cl)c(C)nn2C)c(C)c1. The maximum absolute atomic E-state index is 12.1. The zero-order valence-electron chi connectivity index (χ0n) is 13.2. The lowest BCUT2D eigenvalue weighted by atomic mass is 10.1. The molecule has 1 amide bonds. The minimum absolute atomic E-state index is 0.252. The number of hydrogen-bond donors (Lipinski definition) is 1. The van der Waals surface area contributed by atoms with Gasteiger partial charge in [0.1, 0.15) is 18.1 Å². The number of amides is 1. The Morgan fingerprint density at radius 2 is 2.09 bits per heavy atom. The van der Waals surface area contributed by atoms with Crippen LogP contribution in [0.5, 0.6) is 5.75 Å². The summed E-state index contributed by atoms with van der Waals surface area (Å²) >= 11 is 6.08. The van der Waals surface area contributed by atoms with E-state index in [1.807, 2.05) is 26.0 Å². The van der Waals surface area contributed by atoms with Crippen LogP contribution in [0.25, 0.3) is 0 Å². The Balaban J connectivity index is 1.87. The highest BCUT2D eigenvalue weighted by Gasteiger charge is 2.18. The molecule has 0 saturated carbocycles. The van der Waals surface area contributed by atoms with Crippen LogP contribution >= 0.6 is 11.6 Å². The standard InChI is InChI=1S/C16H20ClN3O2/c1-10-5-6-13(11(2)9-10)22-8-7-18-16(21)15-14(17)12(3)19-20(15)4/h5-6,9H,7-8H2,1-4H3,(H,18,21). The zero-order chi connectivity index (χ0) is 16.3. The summed E-state index contributed by atoms with van der Waals surface area (Å²) in [5.74, 6) is 0.576. The van der Waals surface area contributed by atoms with Crippen LogP contribution in [0.1, 0.15) is 27.3 Å². The van der Waals surface area contributed by atoms with E-state index < -0.39 is 0 Å². The van der Waals surface area contributed by atoms with Gasteiger partial charge in [-0.25, -0.2) is 0 Å². The van der Waals surface area contributed by atoms with Gasteiger partial charge in [-0.3, -0.25) is 9.48 Å². The molecule has 1 heterocycles. The summed E-state index contributed by atoms with van der Waals surface area (Å²) in [5.41, 5.74) is 3.28. The molecule has 0 spiro atoms. The van der Waals surface area contributed by atoms with Crippen LogP contribution in [0.4, 0.5) is 0 Å². The first-order chi connectivity index (χ1) is 10.4. The molecule has 2 rings (SSSR count). The number of nitrogens with one attached hydrogen (secondary N) is 1. The Bertz CT molecular complexity index is 695. The van der Waals surface area contributed by atoms with Crippen LogP contribution in [-0.2, 0) is 7.05 Å². The van der Waals surface area contributed by atoms with Crippen LogP contribution < -0.4 is 10.1 Å². The Labute approximate surface area is 135 Å². The number of halogens is 1. The quantitative estimate of drug-likeness (QED) is 0.862. The Morgan fingerprint density at radius 1 is 1.36 bits per heavy atom. The normalized spacial score (nSPS) is 10.6. The van der Waals surface area contributed by atoms with Gasteiger partial charge in [-0.15, -0.1) is 0 Å². The van der Waals surface area contributed by atoms with Crippen molar-refractivity contribution in [3.05, 3.63) is 45.7 Å². The monoisotopic (exact) mass is 321 g/mol. The molecule has 0 bridgehead atoms. The summed E-state index contributed by atoms with van der Waals surface area (Å²) in [7, 11) is 1.69. The maximum atomic E-state index is 12.1. The third kappa shape index (κ3) is 3.60. The molecule has 5 nitrogen and oxygen atoms in total.